The zero-order chi connectivity index (χ0) is 13.9. The molecular formula is C16H21FO2. The van der Waals surface area contributed by atoms with Crippen LogP contribution in [-0.2, 0) is 16.1 Å². The molecule has 0 saturated carbocycles. The van der Waals surface area contributed by atoms with Crippen LogP contribution in [0, 0.1) is 5.82 Å². The lowest BCUT2D eigenvalue weighted by Crippen LogP contribution is -2.34. The molecule has 0 aromatic heterocycles. The van der Waals surface area contributed by atoms with E-state index in [0.29, 0.717) is 12.2 Å². The van der Waals surface area contributed by atoms with E-state index in [1.54, 1.807) is 12.1 Å². The predicted octanol–water partition coefficient (Wildman–Crippen LogP) is 3.86. The topological polar surface area (TPSA) is 18.5 Å². The summed E-state index contributed by atoms with van der Waals surface area (Å²) in [6.45, 7) is 8.60. The Morgan fingerprint density at radius 1 is 1.37 bits per heavy atom. The van der Waals surface area contributed by atoms with Gasteiger partial charge in [0.05, 0.1) is 24.4 Å². The molecule has 2 rings (SSSR count). The zero-order valence-corrected chi connectivity index (χ0v) is 11.6. The fourth-order valence-electron chi connectivity index (χ4n) is 2.42. The van der Waals surface area contributed by atoms with E-state index in [1.807, 2.05) is 26.0 Å². The molecule has 1 aromatic rings. The minimum absolute atomic E-state index is 0.226. The van der Waals surface area contributed by atoms with Crippen molar-refractivity contribution in [3.8, 4) is 0 Å². The molecule has 104 valence electrons. The maximum absolute atomic E-state index is 13.4. The molecule has 1 heterocycles. The van der Waals surface area contributed by atoms with Gasteiger partial charge in [0.15, 0.2) is 0 Å². The smallest absolute Gasteiger partial charge is 0.128 e. The lowest BCUT2D eigenvalue weighted by atomic mass is 9.99. The quantitative estimate of drug-likeness (QED) is 0.752. The fraction of sp³-hybridized carbons (Fsp3) is 0.500. The highest BCUT2D eigenvalue weighted by Crippen LogP contribution is 2.38. The second-order valence-corrected chi connectivity index (χ2v) is 5.65. The molecule has 0 amide bonds. The summed E-state index contributed by atoms with van der Waals surface area (Å²) in [7, 11) is 0. The van der Waals surface area contributed by atoms with Gasteiger partial charge in [0.1, 0.15) is 5.82 Å². The molecule has 0 spiro atoms. The molecule has 1 aromatic carbocycles. The third-order valence-electron chi connectivity index (χ3n) is 3.68. The zero-order valence-electron chi connectivity index (χ0n) is 11.6. The Bertz CT molecular complexity index is 460. The van der Waals surface area contributed by atoms with Crippen molar-refractivity contribution in [1.82, 2.24) is 0 Å². The highest BCUT2D eigenvalue weighted by Gasteiger charge is 2.41. The number of hydrogen-bond donors (Lipinski definition) is 0. The first-order valence-corrected chi connectivity index (χ1v) is 6.61. The Morgan fingerprint density at radius 3 is 2.74 bits per heavy atom. The van der Waals surface area contributed by atoms with Crippen molar-refractivity contribution in [2.45, 2.75) is 44.5 Å². The van der Waals surface area contributed by atoms with Crippen LogP contribution in [0.2, 0.25) is 0 Å². The molecule has 2 unspecified atom stereocenters. The Balaban J connectivity index is 1.87. The van der Waals surface area contributed by atoms with Crippen molar-refractivity contribution in [2.75, 3.05) is 6.61 Å². The van der Waals surface area contributed by atoms with Crippen LogP contribution in [0.3, 0.4) is 0 Å². The summed E-state index contributed by atoms with van der Waals surface area (Å²) in [5.41, 5.74) is 0.000176. The average Bonchev–Trinajstić information content (AvgIpc) is 2.69. The summed E-state index contributed by atoms with van der Waals surface area (Å²) in [6, 6.07) is 6.67. The number of ether oxygens (including phenoxy) is 2. The molecular weight excluding hydrogens is 243 g/mol. The third kappa shape index (κ3) is 3.43. The summed E-state index contributed by atoms with van der Waals surface area (Å²) in [6.07, 6.45) is 3.71. The molecule has 0 radical (unpaired) electrons. The second-order valence-electron chi connectivity index (χ2n) is 5.65. The molecule has 0 bridgehead atoms. The minimum Gasteiger partial charge on any atom is -0.374 e. The summed E-state index contributed by atoms with van der Waals surface area (Å²) in [5, 5.41) is 0. The SMILES string of the molecule is C=CC1(C)CCC(C)(COCc2ccccc2F)O1. The number of hydrogen-bond acceptors (Lipinski definition) is 2. The van der Waals surface area contributed by atoms with E-state index >= 15 is 0 Å². The average molecular weight is 264 g/mol. The standard InChI is InChI=1S/C16H21FO2/c1-4-15(2)9-10-16(3,19-15)12-18-11-13-7-5-6-8-14(13)17/h4-8H,1,9-12H2,2-3H3. The van der Waals surface area contributed by atoms with Crippen LogP contribution in [0.5, 0.6) is 0 Å². The van der Waals surface area contributed by atoms with Crippen LogP contribution in [0.25, 0.3) is 0 Å². The van der Waals surface area contributed by atoms with Crippen LogP contribution in [-0.4, -0.2) is 17.8 Å². The first kappa shape index (κ1) is 14.2. The van der Waals surface area contributed by atoms with Crippen LogP contribution < -0.4 is 0 Å². The van der Waals surface area contributed by atoms with Crippen LogP contribution >= 0.6 is 0 Å². The predicted molar refractivity (Wildman–Crippen MR) is 73.4 cm³/mol. The van der Waals surface area contributed by atoms with E-state index in [9.17, 15) is 4.39 Å². The number of benzene rings is 1. The molecule has 1 aliphatic heterocycles. The van der Waals surface area contributed by atoms with Gasteiger partial charge >= 0.3 is 0 Å². The third-order valence-corrected chi connectivity index (χ3v) is 3.68. The molecule has 0 aliphatic carbocycles. The minimum atomic E-state index is -0.311. The highest BCUT2D eigenvalue weighted by atomic mass is 19.1. The Kier molecular flexibility index (Phi) is 4.07. The Morgan fingerprint density at radius 2 is 2.11 bits per heavy atom. The van der Waals surface area contributed by atoms with Gasteiger partial charge in [-0.05, 0) is 32.8 Å². The van der Waals surface area contributed by atoms with E-state index in [4.69, 9.17) is 9.47 Å². The first-order chi connectivity index (χ1) is 8.96. The molecule has 1 fully saturated rings. The normalized spacial score (nSPS) is 30.5. The molecule has 0 N–H and O–H groups in total. The lowest BCUT2D eigenvalue weighted by molar-refractivity contribution is -0.104. The van der Waals surface area contributed by atoms with Gasteiger partial charge in [-0.1, -0.05) is 24.3 Å². The molecule has 2 nitrogen and oxygen atoms in total. The van der Waals surface area contributed by atoms with Gasteiger partial charge in [-0.25, -0.2) is 4.39 Å². The molecule has 2 atom stereocenters. The maximum Gasteiger partial charge on any atom is 0.128 e. The molecule has 19 heavy (non-hydrogen) atoms. The summed E-state index contributed by atoms with van der Waals surface area (Å²) in [5.74, 6) is -0.226. The van der Waals surface area contributed by atoms with Gasteiger partial charge in [-0.2, -0.15) is 0 Å². The molecule has 1 aliphatic rings. The molecule has 1 saturated heterocycles. The van der Waals surface area contributed by atoms with Crippen molar-refractivity contribution < 1.29 is 13.9 Å². The van der Waals surface area contributed by atoms with Crippen molar-refractivity contribution in [3.05, 3.63) is 48.3 Å². The highest BCUT2D eigenvalue weighted by molar-refractivity contribution is 5.16. The number of halogens is 1. The summed E-state index contributed by atoms with van der Waals surface area (Å²) < 4.78 is 25.1. The van der Waals surface area contributed by atoms with E-state index < -0.39 is 0 Å². The van der Waals surface area contributed by atoms with Crippen molar-refractivity contribution in [2.24, 2.45) is 0 Å². The monoisotopic (exact) mass is 264 g/mol. The largest absolute Gasteiger partial charge is 0.374 e. The summed E-state index contributed by atoms with van der Waals surface area (Å²) >= 11 is 0. The van der Waals surface area contributed by atoms with Gasteiger partial charge in [0, 0.05) is 5.56 Å². The van der Waals surface area contributed by atoms with E-state index in [0.717, 1.165) is 12.8 Å². The van der Waals surface area contributed by atoms with E-state index in [2.05, 4.69) is 6.58 Å². The van der Waals surface area contributed by atoms with Gasteiger partial charge < -0.3 is 9.47 Å². The Hall–Kier alpha value is -1.19. The van der Waals surface area contributed by atoms with Crippen LogP contribution in [0.4, 0.5) is 4.39 Å². The van der Waals surface area contributed by atoms with Crippen LogP contribution in [0.15, 0.2) is 36.9 Å². The van der Waals surface area contributed by atoms with E-state index in [1.165, 1.54) is 6.07 Å². The van der Waals surface area contributed by atoms with Crippen molar-refractivity contribution in [1.29, 1.82) is 0 Å². The Labute approximate surface area is 114 Å². The second kappa shape index (κ2) is 5.43. The van der Waals surface area contributed by atoms with Gasteiger partial charge in [-0.3, -0.25) is 0 Å². The molecule has 3 heteroatoms. The van der Waals surface area contributed by atoms with Gasteiger partial charge in [-0.15, -0.1) is 6.58 Å². The van der Waals surface area contributed by atoms with Gasteiger partial charge in [0.2, 0.25) is 0 Å². The maximum atomic E-state index is 13.4. The van der Waals surface area contributed by atoms with Crippen LogP contribution in [0.1, 0.15) is 32.3 Å². The fourth-order valence-corrected chi connectivity index (χ4v) is 2.42. The summed E-state index contributed by atoms with van der Waals surface area (Å²) in [4.78, 5) is 0. The number of rotatable bonds is 5. The lowest BCUT2D eigenvalue weighted by Gasteiger charge is -2.28. The van der Waals surface area contributed by atoms with E-state index in [-0.39, 0.29) is 23.6 Å². The van der Waals surface area contributed by atoms with Crippen molar-refractivity contribution in [3.63, 3.8) is 0 Å². The first-order valence-electron chi connectivity index (χ1n) is 6.61. The van der Waals surface area contributed by atoms with Gasteiger partial charge in [0.25, 0.3) is 0 Å². The van der Waals surface area contributed by atoms with Crippen molar-refractivity contribution >= 4 is 0 Å².